The van der Waals surface area contributed by atoms with Crippen molar-refractivity contribution in [3.63, 3.8) is 0 Å². The van der Waals surface area contributed by atoms with E-state index in [4.69, 9.17) is 0 Å². The van der Waals surface area contributed by atoms with Crippen molar-refractivity contribution >= 4 is 28.3 Å². The predicted octanol–water partition coefficient (Wildman–Crippen LogP) is 2.60. The minimum atomic E-state index is 0. The lowest BCUT2D eigenvalue weighted by Gasteiger charge is -1.77. The molecule has 0 aromatic heterocycles. The third-order valence-corrected chi connectivity index (χ3v) is 1.05. The number of alkyl halides is 1. The fourth-order valence-electron chi connectivity index (χ4n) is 0.134. The fraction of sp³-hybridized carbons (Fsp3) is 1.00. The van der Waals surface area contributed by atoms with Gasteiger partial charge in [-0.25, -0.2) is 0 Å². The number of hydrogen-bond acceptors (Lipinski definition) is 0. The van der Waals surface area contributed by atoms with Gasteiger partial charge in [0.25, 0.3) is 0 Å². The SMILES string of the molecule is CCCCBr.Cl. The highest BCUT2D eigenvalue weighted by Gasteiger charge is 1.69. The van der Waals surface area contributed by atoms with Crippen LogP contribution < -0.4 is 0 Å². The van der Waals surface area contributed by atoms with Crippen molar-refractivity contribution in [1.29, 1.82) is 0 Å². The van der Waals surface area contributed by atoms with Gasteiger partial charge in [-0.3, -0.25) is 0 Å². The average Bonchev–Trinajstić information content (AvgIpc) is 1.41. The summed E-state index contributed by atoms with van der Waals surface area (Å²) in [6.07, 6.45) is 2.60. The summed E-state index contributed by atoms with van der Waals surface area (Å²) in [6, 6.07) is 0. The van der Waals surface area contributed by atoms with Crippen molar-refractivity contribution in [3.8, 4) is 0 Å². The minimum Gasteiger partial charge on any atom is -0.147 e. The van der Waals surface area contributed by atoms with Gasteiger partial charge in [0.15, 0.2) is 0 Å². The van der Waals surface area contributed by atoms with Crippen molar-refractivity contribution in [2.45, 2.75) is 19.8 Å². The molecule has 2 heteroatoms. The maximum absolute atomic E-state index is 3.31. The van der Waals surface area contributed by atoms with Gasteiger partial charge in [0.2, 0.25) is 0 Å². The van der Waals surface area contributed by atoms with Crippen LogP contribution in [0.15, 0.2) is 0 Å². The van der Waals surface area contributed by atoms with Crippen molar-refractivity contribution in [1.82, 2.24) is 0 Å². The second-order valence-electron chi connectivity index (χ2n) is 1.04. The zero-order valence-corrected chi connectivity index (χ0v) is 6.31. The summed E-state index contributed by atoms with van der Waals surface area (Å²) in [5.41, 5.74) is 0. The quantitative estimate of drug-likeness (QED) is 0.563. The Balaban J connectivity index is 0. The number of hydrogen-bond donors (Lipinski definition) is 0. The van der Waals surface area contributed by atoms with Crippen molar-refractivity contribution in [2.24, 2.45) is 0 Å². The molecule has 0 aliphatic heterocycles. The summed E-state index contributed by atoms with van der Waals surface area (Å²) in [5.74, 6) is 0. The number of halogens is 2. The molecule has 0 heterocycles. The Kier molecular flexibility index (Phi) is 15.3. The van der Waals surface area contributed by atoms with E-state index in [1.807, 2.05) is 0 Å². The van der Waals surface area contributed by atoms with E-state index in [-0.39, 0.29) is 12.4 Å². The highest BCUT2D eigenvalue weighted by atomic mass is 79.9. The summed E-state index contributed by atoms with van der Waals surface area (Å²) in [4.78, 5) is 0. The van der Waals surface area contributed by atoms with Crippen LogP contribution in [0.2, 0.25) is 0 Å². The normalized spacial score (nSPS) is 7.00. The minimum absolute atomic E-state index is 0. The Morgan fingerprint density at radius 3 is 2.00 bits per heavy atom. The van der Waals surface area contributed by atoms with Gasteiger partial charge >= 0.3 is 0 Å². The standard InChI is InChI=1S/C4H9Br.ClH/c1-2-3-4-5;/h2-4H2,1H3;1H. The lowest BCUT2D eigenvalue weighted by Crippen LogP contribution is -1.64. The topological polar surface area (TPSA) is 0 Å². The first kappa shape index (κ1) is 9.91. The van der Waals surface area contributed by atoms with E-state index in [0.717, 1.165) is 5.33 Å². The smallest absolute Gasteiger partial charge is 0.00312 e. The van der Waals surface area contributed by atoms with Gasteiger partial charge in [0.05, 0.1) is 0 Å². The van der Waals surface area contributed by atoms with Gasteiger partial charge in [0, 0.05) is 5.33 Å². The summed E-state index contributed by atoms with van der Waals surface area (Å²) in [6.45, 7) is 2.18. The molecule has 0 nitrogen and oxygen atoms in total. The maximum Gasteiger partial charge on any atom is 0.00312 e. The molecule has 0 saturated carbocycles. The van der Waals surface area contributed by atoms with E-state index >= 15 is 0 Å². The Hall–Kier alpha value is 0.770. The van der Waals surface area contributed by atoms with Crippen LogP contribution in [0.25, 0.3) is 0 Å². The molecule has 0 N–H and O–H groups in total. The molecule has 0 spiro atoms. The van der Waals surface area contributed by atoms with E-state index in [9.17, 15) is 0 Å². The summed E-state index contributed by atoms with van der Waals surface area (Å²) in [5, 5.41) is 1.16. The third-order valence-electron chi connectivity index (χ3n) is 0.487. The van der Waals surface area contributed by atoms with Crippen LogP contribution in [-0.2, 0) is 0 Å². The van der Waals surface area contributed by atoms with Crippen LogP contribution in [0.4, 0.5) is 0 Å². The molecule has 0 fully saturated rings. The molecular formula is C4H10BrCl. The average molecular weight is 173 g/mol. The second kappa shape index (κ2) is 9.24. The van der Waals surface area contributed by atoms with Crippen LogP contribution in [-0.4, -0.2) is 5.33 Å². The van der Waals surface area contributed by atoms with Gasteiger partial charge in [-0.05, 0) is 6.42 Å². The summed E-state index contributed by atoms with van der Waals surface area (Å²) < 4.78 is 0. The van der Waals surface area contributed by atoms with Gasteiger partial charge in [-0.2, -0.15) is 0 Å². The van der Waals surface area contributed by atoms with Crippen LogP contribution in [0.5, 0.6) is 0 Å². The second-order valence-corrected chi connectivity index (χ2v) is 1.84. The molecule has 0 bridgehead atoms. The molecule has 0 rings (SSSR count). The van der Waals surface area contributed by atoms with E-state index < -0.39 is 0 Å². The monoisotopic (exact) mass is 172 g/mol. The van der Waals surface area contributed by atoms with E-state index in [1.54, 1.807) is 0 Å². The van der Waals surface area contributed by atoms with Crippen LogP contribution in [0, 0.1) is 0 Å². The molecule has 0 aliphatic rings. The van der Waals surface area contributed by atoms with Crippen LogP contribution in [0.1, 0.15) is 19.8 Å². The summed E-state index contributed by atoms with van der Waals surface area (Å²) >= 11 is 3.31. The lowest BCUT2D eigenvalue weighted by atomic mass is 10.4. The first-order chi connectivity index (χ1) is 2.41. The number of unbranched alkanes of at least 4 members (excludes halogenated alkanes) is 1. The molecule has 40 valence electrons. The molecule has 0 aliphatic carbocycles. The van der Waals surface area contributed by atoms with E-state index in [2.05, 4.69) is 22.9 Å². The van der Waals surface area contributed by atoms with Gasteiger partial charge in [-0.15, -0.1) is 12.4 Å². The molecule has 0 aromatic carbocycles. The third kappa shape index (κ3) is 8.84. The zero-order chi connectivity index (χ0) is 4.12. The van der Waals surface area contributed by atoms with Gasteiger partial charge < -0.3 is 0 Å². The highest BCUT2D eigenvalue weighted by Crippen LogP contribution is 1.89. The highest BCUT2D eigenvalue weighted by molar-refractivity contribution is 9.09. The molecule has 0 radical (unpaired) electrons. The Morgan fingerprint density at radius 1 is 1.50 bits per heavy atom. The van der Waals surface area contributed by atoms with Gasteiger partial charge in [-0.1, -0.05) is 29.3 Å². The van der Waals surface area contributed by atoms with E-state index in [1.165, 1.54) is 12.8 Å². The van der Waals surface area contributed by atoms with Crippen molar-refractivity contribution in [3.05, 3.63) is 0 Å². The lowest BCUT2D eigenvalue weighted by molar-refractivity contribution is 0.902. The Bertz CT molecular complexity index is 15.0. The Morgan fingerprint density at radius 2 is 2.00 bits per heavy atom. The van der Waals surface area contributed by atoms with Crippen molar-refractivity contribution < 1.29 is 0 Å². The maximum atomic E-state index is 3.31. The molecule has 0 unspecified atom stereocenters. The van der Waals surface area contributed by atoms with Crippen LogP contribution in [0.3, 0.4) is 0 Å². The van der Waals surface area contributed by atoms with Crippen LogP contribution >= 0.6 is 28.3 Å². The molecule has 0 aromatic rings. The van der Waals surface area contributed by atoms with Crippen molar-refractivity contribution in [2.75, 3.05) is 5.33 Å². The zero-order valence-electron chi connectivity index (χ0n) is 3.91. The molecule has 0 amide bonds. The first-order valence-electron chi connectivity index (χ1n) is 1.97. The fourth-order valence-corrected chi connectivity index (χ4v) is 0.694. The molecule has 6 heavy (non-hydrogen) atoms. The van der Waals surface area contributed by atoms with Gasteiger partial charge in [0.1, 0.15) is 0 Å². The first-order valence-corrected chi connectivity index (χ1v) is 3.10. The largest absolute Gasteiger partial charge is 0.147 e. The molecule has 0 atom stereocenters. The van der Waals surface area contributed by atoms with E-state index in [0.29, 0.717) is 0 Å². The molecular weight excluding hydrogens is 163 g/mol. The molecule has 0 saturated heterocycles. The number of rotatable bonds is 2. The predicted molar refractivity (Wildman–Crippen MR) is 36.0 cm³/mol. The summed E-state index contributed by atoms with van der Waals surface area (Å²) in [7, 11) is 0. The Labute approximate surface area is 53.9 Å².